The van der Waals surface area contributed by atoms with Gasteiger partial charge in [0.15, 0.2) is 0 Å². The second-order valence-electron chi connectivity index (χ2n) is 7.32. The summed E-state index contributed by atoms with van der Waals surface area (Å²) in [4.78, 5) is 35.4. The van der Waals surface area contributed by atoms with E-state index in [0.29, 0.717) is 46.1 Å². The van der Waals surface area contributed by atoms with Crippen molar-refractivity contribution in [3.05, 3.63) is 69.5 Å². The quantitative estimate of drug-likeness (QED) is 0.385. The van der Waals surface area contributed by atoms with Crippen LogP contribution in [0.5, 0.6) is 5.88 Å². The molecule has 1 aromatic heterocycles. The molecule has 174 valence electrons. The molecule has 0 aliphatic carbocycles. The van der Waals surface area contributed by atoms with Crippen LogP contribution in [0.1, 0.15) is 17.3 Å². The molecule has 0 aliphatic rings. The zero-order valence-corrected chi connectivity index (χ0v) is 20.8. The minimum atomic E-state index is -0.494. The van der Waals surface area contributed by atoms with Crippen LogP contribution in [0.3, 0.4) is 0 Å². The number of amides is 2. The molecule has 0 aliphatic heterocycles. The van der Waals surface area contributed by atoms with Crippen LogP contribution in [-0.4, -0.2) is 60.5 Å². The van der Waals surface area contributed by atoms with Gasteiger partial charge >= 0.3 is 6.09 Å². The van der Waals surface area contributed by atoms with Crippen molar-refractivity contribution in [3.8, 4) is 5.88 Å². The normalized spacial score (nSPS) is 10.8. The van der Waals surface area contributed by atoms with E-state index in [1.807, 2.05) is 25.9 Å². The summed E-state index contributed by atoms with van der Waals surface area (Å²) in [6.45, 7) is 3.63. The van der Waals surface area contributed by atoms with Gasteiger partial charge in [-0.1, -0.05) is 35.3 Å². The SMILES string of the molecule is CCN(CCN(C)C)C(=O)Oc1csc(N(C(=O)c2ccccc2Cl)c2ccc(Cl)cc2)n1. The second kappa shape index (κ2) is 11.5. The molecule has 0 radical (unpaired) electrons. The van der Waals surface area contributed by atoms with Gasteiger partial charge in [0.1, 0.15) is 0 Å². The summed E-state index contributed by atoms with van der Waals surface area (Å²) >= 11 is 13.5. The van der Waals surface area contributed by atoms with Crippen LogP contribution in [0.2, 0.25) is 10.0 Å². The van der Waals surface area contributed by atoms with Gasteiger partial charge in [0.05, 0.1) is 21.7 Å². The number of halogens is 2. The minimum Gasteiger partial charge on any atom is -0.390 e. The maximum atomic E-state index is 13.4. The van der Waals surface area contributed by atoms with Crippen molar-refractivity contribution in [1.82, 2.24) is 14.8 Å². The number of thiazole rings is 1. The predicted molar refractivity (Wildman–Crippen MR) is 133 cm³/mol. The maximum absolute atomic E-state index is 13.4. The number of hydrogen-bond acceptors (Lipinski definition) is 6. The fourth-order valence-electron chi connectivity index (χ4n) is 2.91. The Morgan fingerprint density at radius 1 is 1.03 bits per heavy atom. The van der Waals surface area contributed by atoms with Crippen LogP contribution in [-0.2, 0) is 0 Å². The molecule has 3 aromatic rings. The number of hydrogen-bond donors (Lipinski definition) is 0. The highest BCUT2D eigenvalue weighted by molar-refractivity contribution is 7.14. The predicted octanol–water partition coefficient (Wildman–Crippen LogP) is 5.81. The first-order chi connectivity index (χ1) is 15.8. The molecular formula is C23H24Cl2N4O3S. The number of rotatable bonds is 8. The summed E-state index contributed by atoms with van der Waals surface area (Å²) < 4.78 is 5.48. The van der Waals surface area contributed by atoms with Gasteiger partial charge in [0.25, 0.3) is 5.91 Å². The fraction of sp³-hybridized carbons (Fsp3) is 0.261. The molecule has 0 atom stereocenters. The van der Waals surface area contributed by atoms with E-state index in [2.05, 4.69) is 4.98 Å². The van der Waals surface area contributed by atoms with E-state index in [4.69, 9.17) is 27.9 Å². The van der Waals surface area contributed by atoms with Crippen LogP contribution in [0, 0.1) is 0 Å². The average Bonchev–Trinajstić information content (AvgIpc) is 3.23. The lowest BCUT2D eigenvalue weighted by molar-refractivity contribution is 0.0999. The molecule has 3 rings (SSSR count). The first kappa shape index (κ1) is 25.0. The lowest BCUT2D eigenvalue weighted by atomic mass is 10.2. The molecule has 0 bridgehead atoms. The maximum Gasteiger partial charge on any atom is 0.416 e. The molecule has 0 N–H and O–H groups in total. The number of anilines is 2. The highest BCUT2D eigenvalue weighted by Gasteiger charge is 2.25. The first-order valence-corrected chi connectivity index (χ1v) is 11.8. The molecule has 10 heteroatoms. The molecular weight excluding hydrogens is 483 g/mol. The van der Waals surface area contributed by atoms with E-state index in [1.165, 1.54) is 16.2 Å². The number of benzene rings is 2. The lowest BCUT2D eigenvalue weighted by Gasteiger charge is -2.22. The number of ether oxygens (including phenoxy) is 1. The number of likely N-dealkylation sites (N-methyl/N-ethyl adjacent to an activating group) is 2. The average molecular weight is 507 g/mol. The summed E-state index contributed by atoms with van der Waals surface area (Å²) in [6.07, 6.45) is -0.494. The topological polar surface area (TPSA) is 66.0 Å². The molecule has 0 fully saturated rings. The van der Waals surface area contributed by atoms with Crippen LogP contribution >= 0.6 is 34.5 Å². The van der Waals surface area contributed by atoms with Gasteiger partial charge in [-0.15, -0.1) is 11.3 Å². The van der Waals surface area contributed by atoms with Crippen molar-refractivity contribution < 1.29 is 14.3 Å². The lowest BCUT2D eigenvalue weighted by Crippen LogP contribution is -2.38. The van der Waals surface area contributed by atoms with Crippen LogP contribution in [0.15, 0.2) is 53.9 Å². The van der Waals surface area contributed by atoms with Crippen molar-refractivity contribution in [3.63, 3.8) is 0 Å². The van der Waals surface area contributed by atoms with E-state index < -0.39 is 6.09 Å². The minimum absolute atomic E-state index is 0.120. The largest absolute Gasteiger partial charge is 0.416 e. The van der Waals surface area contributed by atoms with E-state index in [9.17, 15) is 9.59 Å². The monoisotopic (exact) mass is 506 g/mol. The van der Waals surface area contributed by atoms with Crippen molar-refractivity contribution in [2.75, 3.05) is 38.6 Å². The molecule has 2 aromatic carbocycles. The van der Waals surface area contributed by atoms with Gasteiger partial charge in [-0.25, -0.2) is 4.79 Å². The molecule has 33 heavy (non-hydrogen) atoms. The van der Waals surface area contributed by atoms with Crippen molar-refractivity contribution in [1.29, 1.82) is 0 Å². The number of carbonyl (C=O) groups is 2. The van der Waals surface area contributed by atoms with E-state index in [-0.39, 0.29) is 11.8 Å². The van der Waals surface area contributed by atoms with Gasteiger partial charge in [0, 0.05) is 24.7 Å². The molecule has 0 saturated heterocycles. The Kier molecular flexibility index (Phi) is 8.68. The Labute approximate surface area is 207 Å². The molecule has 2 amide bonds. The van der Waals surface area contributed by atoms with Gasteiger partial charge in [0.2, 0.25) is 11.0 Å². The highest BCUT2D eigenvalue weighted by Crippen LogP contribution is 2.34. The van der Waals surface area contributed by atoms with E-state index in [1.54, 1.807) is 58.8 Å². The fourth-order valence-corrected chi connectivity index (χ4v) is 4.00. The summed E-state index contributed by atoms with van der Waals surface area (Å²) in [5.74, 6) is -0.245. The third kappa shape index (κ3) is 6.45. The Hall–Kier alpha value is -2.65. The molecule has 0 spiro atoms. The van der Waals surface area contributed by atoms with Crippen molar-refractivity contribution in [2.45, 2.75) is 6.92 Å². The number of aromatic nitrogens is 1. The Morgan fingerprint density at radius 2 is 1.73 bits per heavy atom. The van der Waals surface area contributed by atoms with Gasteiger partial charge in [-0.2, -0.15) is 4.98 Å². The Bertz CT molecular complexity index is 1110. The van der Waals surface area contributed by atoms with Gasteiger partial charge < -0.3 is 14.5 Å². The molecule has 7 nitrogen and oxygen atoms in total. The second-order valence-corrected chi connectivity index (χ2v) is 9.00. The zero-order chi connectivity index (χ0) is 24.0. The first-order valence-electron chi connectivity index (χ1n) is 10.2. The molecule has 1 heterocycles. The van der Waals surface area contributed by atoms with Crippen LogP contribution < -0.4 is 9.64 Å². The van der Waals surface area contributed by atoms with Crippen LogP contribution in [0.25, 0.3) is 0 Å². The molecule has 0 unspecified atom stereocenters. The Morgan fingerprint density at radius 3 is 2.36 bits per heavy atom. The van der Waals surface area contributed by atoms with E-state index >= 15 is 0 Å². The summed E-state index contributed by atoms with van der Waals surface area (Å²) in [5.41, 5.74) is 0.876. The standard InChI is InChI=1S/C23H24Cl2N4O3S/c1-4-28(14-13-27(2)3)23(31)32-20-15-33-22(26-20)29(17-11-9-16(24)10-12-17)21(30)18-7-5-6-8-19(18)25/h5-12,15H,4,13-14H2,1-3H3. The summed E-state index contributed by atoms with van der Waals surface area (Å²) in [7, 11) is 3.88. The number of nitrogens with zero attached hydrogens (tertiary/aromatic N) is 4. The van der Waals surface area contributed by atoms with E-state index in [0.717, 1.165) is 0 Å². The smallest absolute Gasteiger partial charge is 0.390 e. The third-order valence-electron chi connectivity index (χ3n) is 4.70. The third-order valence-corrected chi connectivity index (χ3v) is 6.09. The number of carbonyl (C=O) groups excluding carboxylic acids is 2. The van der Waals surface area contributed by atoms with Crippen LogP contribution in [0.4, 0.5) is 15.6 Å². The Balaban J connectivity index is 1.88. The summed E-state index contributed by atoms with van der Waals surface area (Å²) in [5, 5.41) is 2.79. The van der Waals surface area contributed by atoms with Gasteiger partial charge in [-0.05, 0) is 57.4 Å². The van der Waals surface area contributed by atoms with Crippen molar-refractivity contribution in [2.24, 2.45) is 0 Å². The zero-order valence-electron chi connectivity index (χ0n) is 18.5. The van der Waals surface area contributed by atoms with Gasteiger partial charge in [-0.3, -0.25) is 9.69 Å². The highest BCUT2D eigenvalue weighted by atomic mass is 35.5. The summed E-state index contributed by atoms with van der Waals surface area (Å²) in [6, 6.07) is 13.6. The molecule has 0 saturated carbocycles. The van der Waals surface area contributed by atoms with Crippen molar-refractivity contribution >= 4 is 57.4 Å².